The second kappa shape index (κ2) is 7.40. The molecular weight excluding hydrogens is 324 g/mol. The maximum atomic E-state index is 4.53. The summed E-state index contributed by atoms with van der Waals surface area (Å²) in [6.45, 7) is 0. The lowest BCUT2D eigenvalue weighted by atomic mass is 10.3. The van der Waals surface area contributed by atoms with Gasteiger partial charge in [0.2, 0.25) is 11.6 Å². The molecule has 4 rings (SSSR count). The number of para-hydroxylation sites is 2. The van der Waals surface area contributed by atoms with Crippen molar-refractivity contribution >= 4 is 34.0 Å². The lowest BCUT2D eigenvalue weighted by Gasteiger charge is -2.01. The van der Waals surface area contributed by atoms with Crippen LogP contribution in [0, 0.1) is 0 Å². The van der Waals surface area contributed by atoms with Crippen molar-refractivity contribution in [2.75, 3.05) is 0 Å². The van der Waals surface area contributed by atoms with Crippen molar-refractivity contribution in [3.05, 3.63) is 84.9 Å². The average Bonchev–Trinajstić information content (AvgIpc) is 2.72. The number of azo groups is 2. The van der Waals surface area contributed by atoms with Gasteiger partial charge in [0.1, 0.15) is 0 Å². The number of hydrogen-bond donors (Lipinski definition) is 0. The van der Waals surface area contributed by atoms with E-state index in [4.69, 9.17) is 0 Å². The molecule has 0 saturated heterocycles. The highest BCUT2D eigenvalue weighted by Crippen LogP contribution is 2.29. The van der Waals surface area contributed by atoms with E-state index in [0.29, 0.717) is 11.6 Å². The first kappa shape index (κ1) is 15.7. The fourth-order valence-corrected chi connectivity index (χ4v) is 2.32. The first-order chi connectivity index (χ1) is 12.9. The Bertz CT molecular complexity index is 987. The van der Waals surface area contributed by atoms with Gasteiger partial charge in [0.25, 0.3) is 0 Å². The molecule has 0 aliphatic heterocycles. The summed E-state index contributed by atoms with van der Waals surface area (Å²) in [6.07, 6.45) is 0. The van der Waals surface area contributed by atoms with E-state index in [2.05, 4.69) is 30.4 Å². The summed E-state index contributed by atoms with van der Waals surface area (Å²) in [5.74, 6) is 0.652. The first-order valence-corrected chi connectivity index (χ1v) is 8.09. The lowest BCUT2D eigenvalue weighted by molar-refractivity contribution is 1.10. The van der Waals surface area contributed by atoms with Crippen molar-refractivity contribution < 1.29 is 0 Å². The van der Waals surface area contributed by atoms with E-state index in [1.807, 2.05) is 84.9 Å². The summed E-state index contributed by atoms with van der Waals surface area (Å²) in [5.41, 5.74) is 2.92. The van der Waals surface area contributed by atoms with Crippen LogP contribution in [-0.2, 0) is 0 Å². The molecule has 0 unspecified atom stereocenters. The van der Waals surface area contributed by atoms with Crippen LogP contribution in [0.3, 0.4) is 0 Å². The van der Waals surface area contributed by atoms with Gasteiger partial charge in [0.15, 0.2) is 0 Å². The third kappa shape index (κ3) is 3.64. The van der Waals surface area contributed by atoms with Gasteiger partial charge < -0.3 is 0 Å². The highest BCUT2D eigenvalue weighted by atomic mass is 15.2. The molecule has 0 aliphatic carbocycles. The average molecular weight is 338 g/mol. The fourth-order valence-electron chi connectivity index (χ4n) is 2.32. The highest BCUT2D eigenvalue weighted by Gasteiger charge is 2.08. The van der Waals surface area contributed by atoms with Crippen molar-refractivity contribution in [2.24, 2.45) is 20.5 Å². The van der Waals surface area contributed by atoms with Gasteiger partial charge in [-0.3, -0.25) is 0 Å². The van der Waals surface area contributed by atoms with E-state index in [1.165, 1.54) is 0 Å². The van der Waals surface area contributed by atoms with Crippen LogP contribution in [0.15, 0.2) is 105 Å². The minimum atomic E-state index is 0.326. The Morgan fingerprint density at radius 1 is 0.423 bits per heavy atom. The van der Waals surface area contributed by atoms with Gasteiger partial charge in [-0.15, -0.1) is 20.5 Å². The standard InChI is InChI=1S/C20H14N6/c1-3-9-15(10-4-1)23-25-19-20(26-24-16-11-5-2-6-12-16)22-18-14-8-7-13-17(18)21-19/h1-14H. The van der Waals surface area contributed by atoms with Crippen LogP contribution >= 0.6 is 0 Å². The zero-order valence-corrected chi connectivity index (χ0v) is 13.8. The molecule has 124 valence electrons. The fraction of sp³-hybridized carbons (Fsp3) is 0. The number of rotatable bonds is 4. The van der Waals surface area contributed by atoms with Gasteiger partial charge in [-0.1, -0.05) is 48.5 Å². The van der Waals surface area contributed by atoms with E-state index in [0.717, 1.165) is 22.4 Å². The van der Waals surface area contributed by atoms with Crippen LogP contribution in [0.4, 0.5) is 23.0 Å². The molecule has 6 nitrogen and oxygen atoms in total. The Hall–Kier alpha value is -3.80. The summed E-state index contributed by atoms with van der Waals surface area (Å²) in [5, 5.41) is 16.9. The Balaban J connectivity index is 1.76. The Kier molecular flexibility index (Phi) is 4.47. The third-order valence-corrected chi connectivity index (χ3v) is 3.57. The van der Waals surface area contributed by atoms with E-state index in [9.17, 15) is 0 Å². The zero-order valence-electron chi connectivity index (χ0n) is 13.8. The van der Waals surface area contributed by atoms with Gasteiger partial charge in [0.05, 0.1) is 22.4 Å². The molecule has 0 N–H and O–H groups in total. The zero-order chi connectivity index (χ0) is 17.6. The maximum absolute atomic E-state index is 4.53. The maximum Gasteiger partial charge on any atom is 0.222 e. The highest BCUT2D eigenvalue weighted by molar-refractivity contribution is 5.78. The van der Waals surface area contributed by atoms with Crippen LogP contribution in [0.1, 0.15) is 0 Å². The van der Waals surface area contributed by atoms with Crippen LogP contribution in [0.2, 0.25) is 0 Å². The molecule has 0 fully saturated rings. The van der Waals surface area contributed by atoms with Crippen molar-refractivity contribution in [3.8, 4) is 0 Å². The van der Waals surface area contributed by atoms with Gasteiger partial charge >= 0.3 is 0 Å². The smallest absolute Gasteiger partial charge is 0.222 e. The van der Waals surface area contributed by atoms with E-state index in [1.54, 1.807) is 0 Å². The van der Waals surface area contributed by atoms with Crippen LogP contribution in [0.25, 0.3) is 11.0 Å². The van der Waals surface area contributed by atoms with E-state index in [-0.39, 0.29) is 0 Å². The molecular formula is C20H14N6. The largest absolute Gasteiger partial charge is 0.222 e. The third-order valence-electron chi connectivity index (χ3n) is 3.57. The van der Waals surface area contributed by atoms with Gasteiger partial charge in [-0.2, -0.15) is 0 Å². The summed E-state index contributed by atoms with van der Waals surface area (Å²) < 4.78 is 0. The van der Waals surface area contributed by atoms with Crippen LogP contribution in [-0.4, -0.2) is 9.97 Å². The quantitative estimate of drug-likeness (QED) is 0.400. The van der Waals surface area contributed by atoms with Crippen molar-refractivity contribution in [2.45, 2.75) is 0 Å². The first-order valence-electron chi connectivity index (χ1n) is 8.09. The number of aromatic nitrogens is 2. The number of fused-ring (bicyclic) bond motifs is 1. The van der Waals surface area contributed by atoms with Crippen molar-refractivity contribution in [3.63, 3.8) is 0 Å². The predicted molar refractivity (Wildman–Crippen MR) is 101 cm³/mol. The van der Waals surface area contributed by atoms with Crippen LogP contribution in [0.5, 0.6) is 0 Å². The van der Waals surface area contributed by atoms with Crippen molar-refractivity contribution in [1.29, 1.82) is 0 Å². The molecule has 6 heteroatoms. The molecule has 0 spiro atoms. The number of hydrogen-bond acceptors (Lipinski definition) is 6. The Morgan fingerprint density at radius 2 is 0.808 bits per heavy atom. The summed E-state index contributed by atoms with van der Waals surface area (Å²) in [6, 6.07) is 26.5. The second-order valence-electron chi connectivity index (χ2n) is 5.43. The lowest BCUT2D eigenvalue weighted by Crippen LogP contribution is -1.85. The molecule has 26 heavy (non-hydrogen) atoms. The molecule has 0 atom stereocenters. The van der Waals surface area contributed by atoms with Crippen molar-refractivity contribution in [1.82, 2.24) is 9.97 Å². The summed E-state index contributed by atoms with van der Waals surface area (Å²) in [4.78, 5) is 9.05. The molecule has 4 aromatic rings. The van der Waals surface area contributed by atoms with E-state index >= 15 is 0 Å². The normalized spacial score (nSPS) is 11.5. The van der Waals surface area contributed by atoms with E-state index < -0.39 is 0 Å². The minimum Gasteiger partial charge on any atom is -0.222 e. The Morgan fingerprint density at radius 3 is 1.23 bits per heavy atom. The van der Waals surface area contributed by atoms with Gasteiger partial charge in [-0.05, 0) is 36.4 Å². The molecule has 1 heterocycles. The number of nitrogens with zero attached hydrogens (tertiary/aromatic N) is 6. The molecule has 0 amide bonds. The second-order valence-corrected chi connectivity index (χ2v) is 5.43. The molecule has 0 aliphatic rings. The predicted octanol–water partition coefficient (Wildman–Crippen LogP) is 6.46. The summed E-state index contributed by atoms with van der Waals surface area (Å²) in [7, 11) is 0. The Labute approximate surface area is 150 Å². The van der Waals surface area contributed by atoms with Gasteiger partial charge in [-0.25, -0.2) is 9.97 Å². The molecule has 0 bridgehead atoms. The molecule has 0 radical (unpaired) electrons. The van der Waals surface area contributed by atoms with Gasteiger partial charge in [0, 0.05) is 0 Å². The SMILES string of the molecule is c1ccc(N=Nc2nc3ccccc3nc2N=Nc2ccccc2)cc1. The summed E-state index contributed by atoms with van der Waals surface area (Å²) >= 11 is 0. The van der Waals surface area contributed by atoms with Crippen LogP contribution < -0.4 is 0 Å². The number of benzene rings is 3. The molecule has 1 aromatic heterocycles. The monoisotopic (exact) mass is 338 g/mol. The topological polar surface area (TPSA) is 75.2 Å². The minimum absolute atomic E-state index is 0.326. The molecule has 0 saturated carbocycles. The molecule has 3 aromatic carbocycles.